The largest absolute Gasteiger partial charge is 0.479 e. The van der Waals surface area contributed by atoms with E-state index in [0.717, 1.165) is 17.0 Å². The average Bonchev–Trinajstić information content (AvgIpc) is 2.11. The van der Waals surface area contributed by atoms with Gasteiger partial charge in [-0.1, -0.05) is 20.8 Å². The third-order valence-corrected chi connectivity index (χ3v) is 2.33. The number of carboxylic acid groups (broad SMARTS) is 1. The molecular formula is C12H18N2O3. The zero-order valence-corrected chi connectivity index (χ0v) is 10.9. The molecule has 0 radical (unpaired) electrons. The minimum Gasteiger partial charge on any atom is -0.479 e. The average molecular weight is 238 g/mol. The molecule has 1 aromatic heterocycles. The number of aromatic nitrogens is 2. The Kier molecular flexibility index (Phi) is 3.70. The van der Waals surface area contributed by atoms with Crippen LogP contribution in [-0.4, -0.2) is 27.7 Å². The molecule has 0 aromatic carbocycles. The molecule has 94 valence electrons. The van der Waals surface area contributed by atoms with Gasteiger partial charge in [-0.15, -0.1) is 0 Å². The van der Waals surface area contributed by atoms with Crippen LogP contribution in [0.3, 0.4) is 0 Å². The molecule has 0 bridgehead atoms. The van der Waals surface area contributed by atoms with E-state index in [9.17, 15) is 4.79 Å². The zero-order chi connectivity index (χ0) is 13.2. The van der Waals surface area contributed by atoms with Crippen molar-refractivity contribution in [3.8, 4) is 6.01 Å². The molecule has 5 heteroatoms. The molecule has 0 fully saturated rings. The van der Waals surface area contributed by atoms with Crippen molar-refractivity contribution in [2.75, 3.05) is 6.61 Å². The summed E-state index contributed by atoms with van der Waals surface area (Å²) in [6, 6.07) is 0.121. The van der Waals surface area contributed by atoms with Crippen LogP contribution in [0.5, 0.6) is 6.01 Å². The third-order valence-electron chi connectivity index (χ3n) is 2.33. The van der Waals surface area contributed by atoms with Crippen molar-refractivity contribution in [1.82, 2.24) is 9.97 Å². The van der Waals surface area contributed by atoms with Gasteiger partial charge < -0.3 is 9.84 Å². The van der Waals surface area contributed by atoms with Crippen LogP contribution >= 0.6 is 0 Å². The first-order chi connectivity index (χ1) is 7.71. The van der Waals surface area contributed by atoms with Crippen molar-refractivity contribution >= 4 is 5.97 Å². The lowest BCUT2D eigenvalue weighted by molar-refractivity contribution is -0.139. The van der Waals surface area contributed by atoms with Crippen molar-refractivity contribution in [2.24, 2.45) is 0 Å². The summed E-state index contributed by atoms with van der Waals surface area (Å²) in [5.74, 6) is -1.04. The van der Waals surface area contributed by atoms with Crippen molar-refractivity contribution in [3.63, 3.8) is 0 Å². The summed E-state index contributed by atoms with van der Waals surface area (Å²) in [7, 11) is 0. The molecule has 0 amide bonds. The number of carbonyl (C=O) groups is 1. The monoisotopic (exact) mass is 238 g/mol. The predicted octanol–water partition coefficient (Wildman–Crippen LogP) is 1.85. The molecule has 0 aliphatic carbocycles. The molecule has 0 atom stereocenters. The highest BCUT2D eigenvalue weighted by atomic mass is 16.5. The Morgan fingerprint density at radius 2 is 1.71 bits per heavy atom. The predicted molar refractivity (Wildman–Crippen MR) is 63.3 cm³/mol. The SMILES string of the molecule is Cc1nc(OCC(=O)O)nc(C)c1C(C)(C)C. The van der Waals surface area contributed by atoms with E-state index in [0.29, 0.717) is 0 Å². The van der Waals surface area contributed by atoms with Crippen LogP contribution in [0.4, 0.5) is 0 Å². The highest BCUT2D eigenvalue weighted by molar-refractivity contribution is 5.68. The maximum atomic E-state index is 10.4. The Bertz CT molecular complexity index is 413. The molecule has 0 spiro atoms. The fourth-order valence-corrected chi connectivity index (χ4v) is 1.96. The molecule has 0 unspecified atom stereocenters. The summed E-state index contributed by atoms with van der Waals surface area (Å²) in [4.78, 5) is 18.7. The molecule has 1 rings (SSSR count). The van der Waals surface area contributed by atoms with Crippen LogP contribution in [0.2, 0.25) is 0 Å². The minimum atomic E-state index is -1.04. The lowest BCUT2D eigenvalue weighted by Crippen LogP contribution is -2.19. The van der Waals surface area contributed by atoms with E-state index < -0.39 is 12.6 Å². The second-order valence-corrected chi connectivity index (χ2v) is 4.98. The van der Waals surface area contributed by atoms with E-state index in [1.807, 2.05) is 13.8 Å². The summed E-state index contributed by atoms with van der Waals surface area (Å²) < 4.78 is 4.97. The van der Waals surface area contributed by atoms with Crippen LogP contribution in [0, 0.1) is 13.8 Å². The molecule has 1 N–H and O–H groups in total. The number of aliphatic carboxylic acids is 1. The Morgan fingerprint density at radius 1 is 1.24 bits per heavy atom. The Labute approximate surface area is 101 Å². The van der Waals surface area contributed by atoms with Gasteiger partial charge in [0.25, 0.3) is 0 Å². The maximum Gasteiger partial charge on any atom is 0.341 e. The molecule has 0 saturated heterocycles. The minimum absolute atomic E-state index is 0.0422. The van der Waals surface area contributed by atoms with Gasteiger partial charge in [-0.25, -0.2) is 14.8 Å². The Hall–Kier alpha value is -1.65. The molecule has 1 heterocycles. The fourth-order valence-electron chi connectivity index (χ4n) is 1.96. The van der Waals surface area contributed by atoms with Gasteiger partial charge in [0.1, 0.15) is 0 Å². The molecule has 0 aliphatic rings. The number of rotatable bonds is 3. The second kappa shape index (κ2) is 4.69. The normalized spacial score (nSPS) is 11.4. The molecule has 1 aromatic rings. The van der Waals surface area contributed by atoms with E-state index >= 15 is 0 Å². The first-order valence-corrected chi connectivity index (χ1v) is 5.42. The third kappa shape index (κ3) is 3.41. The zero-order valence-electron chi connectivity index (χ0n) is 10.9. The van der Waals surface area contributed by atoms with E-state index in [-0.39, 0.29) is 11.4 Å². The van der Waals surface area contributed by atoms with Gasteiger partial charge in [0.2, 0.25) is 0 Å². The van der Waals surface area contributed by atoms with Gasteiger partial charge in [-0.3, -0.25) is 0 Å². The lowest BCUT2D eigenvalue weighted by atomic mass is 9.85. The summed E-state index contributed by atoms with van der Waals surface area (Å²) in [5.41, 5.74) is 2.68. The van der Waals surface area contributed by atoms with Gasteiger partial charge in [-0.2, -0.15) is 0 Å². The Morgan fingerprint density at radius 3 is 2.06 bits per heavy atom. The molecule has 5 nitrogen and oxygen atoms in total. The highest BCUT2D eigenvalue weighted by Gasteiger charge is 2.21. The number of nitrogens with zero attached hydrogens (tertiary/aromatic N) is 2. The standard InChI is InChI=1S/C12H18N2O3/c1-7-10(12(3,4)5)8(2)14-11(13-7)17-6-9(15)16/h6H2,1-5H3,(H,15,16). The summed E-state index contributed by atoms with van der Waals surface area (Å²) in [6.45, 7) is 9.59. The van der Waals surface area contributed by atoms with Crippen LogP contribution in [0.15, 0.2) is 0 Å². The lowest BCUT2D eigenvalue weighted by Gasteiger charge is -2.23. The molecule has 17 heavy (non-hydrogen) atoms. The molecule has 0 saturated carbocycles. The highest BCUT2D eigenvalue weighted by Crippen LogP contribution is 2.27. The van der Waals surface area contributed by atoms with E-state index in [4.69, 9.17) is 9.84 Å². The Balaban J connectivity index is 3.06. The number of aryl methyl sites for hydroxylation is 2. The quantitative estimate of drug-likeness (QED) is 0.870. The number of carboxylic acids is 1. The maximum absolute atomic E-state index is 10.4. The van der Waals surface area contributed by atoms with E-state index in [2.05, 4.69) is 30.7 Å². The van der Waals surface area contributed by atoms with Gasteiger partial charge in [0.15, 0.2) is 6.61 Å². The van der Waals surface area contributed by atoms with E-state index in [1.54, 1.807) is 0 Å². The number of hydrogen-bond acceptors (Lipinski definition) is 4. The topological polar surface area (TPSA) is 72.3 Å². The van der Waals surface area contributed by atoms with Crippen molar-refractivity contribution in [3.05, 3.63) is 17.0 Å². The molecular weight excluding hydrogens is 220 g/mol. The second-order valence-electron chi connectivity index (χ2n) is 4.98. The first-order valence-electron chi connectivity index (χ1n) is 5.42. The van der Waals surface area contributed by atoms with Crippen LogP contribution in [0.25, 0.3) is 0 Å². The van der Waals surface area contributed by atoms with Gasteiger partial charge in [0.05, 0.1) is 0 Å². The van der Waals surface area contributed by atoms with E-state index in [1.165, 1.54) is 0 Å². The van der Waals surface area contributed by atoms with Crippen LogP contribution < -0.4 is 4.74 Å². The summed E-state index contributed by atoms with van der Waals surface area (Å²) in [6.07, 6.45) is 0. The van der Waals surface area contributed by atoms with Gasteiger partial charge in [-0.05, 0) is 19.3 Å². The fraction of sp³-hybridized carbons (Fsp3) is 0.583. The molecule has 0 aliphatic heterocycles. The van der Waals surface area contributed by atoms with Crippen molar-refractivity contribution in [1.29, 1.82) is 0 Å². The first kappa shape index (κ1) is 13.4. The van der Waals surface area contributed by atoms with Crippen molar-refractivity contribution < 1.29 is 14.6 Å². The van der Waals surface area contributed by atoms with Gasteiger partial charge >= 0.3 is 12.0 Å². The van der Waals surface area contributed by atoms with Gasteiger partial charge in [0, 0.05) is 17.0 Å². The number of ether oxygens (including phenoxy) is 1. The number of hydrogen-bond donors (Lipinski definition) is 1. The van der Waals surface area contributed by atoms with Crippen molar-refractivity contribution in [2.45, 2.75) is 40.0 Å². The van der Waals surface area contributed by atoms with Crippen LogP contribution in [0.1, 0.15) is 37.7 Å². The smallest absolute Gasteiger partial charge is 0.341 e. The summed E-state index contributed by atoms with van der Waals surface area (Å²) in [5, 5.41) is 8.52. The summed E-state index contributed by atoms with van der Waals surface area (Å²) >= 11 is 0. The van der Waals surface area contributed by atoms with Crippen LogP contribution in [-0.2, 0) is 10.2 Å².